The van der Waals surface area contributed by atoms with Gasteiger partial charge in [0.2, 0.25) is 5.89 Å². The minimum Gasteiger partial charge on any atom is -0.436 e. The van der Waals surface area contributed by atoms with Gasteiger partial charge in [-0.3, -0.25) is 9.78 Å². The third-order valence-electron chi connectivity index (χ3n) is 3.55. The zero-order valence-electron chi connectivity index (χ0n) is 10.7. The third kappa shape index (κ3) is 1.90. The molecule has 98 valence electrons. The molecule has 20 heavy (non-hydrogen) atoms. The number of aromatic nitrogens is 2. The number of hydrogen-bond donors (Lipinski definition) is 0. The molecule has 1 saturated carbocycles. The number of ketones is 1. The number of oxazole rings is 1. The van der Waals surface area contributed by atoms with E-state index >= 15 is 0 Å². The molecule has 0 amide bonds. The molecule has 0 saturated heterocycles. The number of hydrogen-bond acceptors (Lipinski definition) is 4. The first-order valence-electron chi connectivity index (χ1n) is 6.66. The molecule has 0 aliphatic heterocycles. The van der Waals surface area contributed by atoms with Gasteiger partial charge in [0.1, 0.15) is 5.52 Å². The van der Waals surface area contributed by atoms with Crippen molar-refractivity contribution in [2.75, 3.05) is 0 Å². The molecule has 1 aromatic carbocycles. The van der Waals surface area contributed by atoms with Gasteiger partial charge in [0.25, 0.3) is 0 Å². The molecular weight excluding hydrogens is 252 g/mol. The number of benzene rings is 1. The molecule has 4 rings (SSSR count). The maximum atomic E-state index is 12.1. The zero-order chi connectivity index (χ0) is 13.5. The fraction of sp³-hybridized carbons (Fsp3) is 0.188. The highest BCUT2D eigenvalue weighted by Gasteiger charge is 2.30. The number of carbonyl (C=O) groups excluding carboxylic acids is 1. The molecule has 1 aliphatic rings. The Kier molecular flexibility index (Phi) is 2.42. The predicted molar refractivity (Wildman–Crippen MR) is 74.3 cm³/mol. The van der Waals surface area contributed by atoms with Gasteiger partial charge in [0.05, 0.1) is 0 Å². The van der Waals surface area contributed by atoms with E-state index in [1.165, 1.54) is 0 Å². The van der Waals surface area contributed by atoms with E-state index in [1.807, 2.05) is 30.3 Å². The van der Waals surface area contributed by atoms with Gasteiger partial charge in [0, 0.05) is 29.4 Å². The average Bonchev–Trinajstić information content (AvgIpc) is 3.25. The first-order chi connectivity index (χ1) is 9.81. The van der Waals surface area contributed by atoms with Crippen LogP contribution in [0.1, 0.15) is 23.2 Å². The van der Waals surface area contributed by atoms with Crippen LogP contribution in [0.2, 0.25) is 0 Å². The number of carbonyl (C=O) groups is 1. The number of nitrogens with zero attached hydrogens (tertiary/aromatic N) is 2. The molecule has 0 bridgehead atoms. The number of pyridine rings is 1. The summed E-state index contributed by atoms with van der Waals surface area (Å²) in [6.07, 6.45) is 5.43. The quantitative estimate of drug-likeness (QED) is 0.679. The maximum Gasteiger partial charge on any atom is 0.227 e. The van der Waals surface area contributed by atoms with Crippen LogP contribution >= 0.6 is 0 Å². The summed E-state index contributed by atoms with van der Waals surface area (Å²) in [7, 11) is 0. The van der Waals surface area contributed by atoms with Crippen LogP contribution in [0, 0.1) is 5.92 Å². The van der Waals surface area contributed by atoms with Crippen LogP contribution in [0.25, 0.3) is 22.6 Å². The van der Waals surface area contributed by atoms with Gasteiger partial charge < -0.3 is 4.42 Å². The van der Waals surface area contributed by atoms with Crippen molar-refractivity contribution in [2.24, 2.45) is 5.92 Å². The van der Waals surface area contributed by atoms with Crippen LogP contribution < -0.4 is 0 Å². The van der Waals surface area contributed by atoms with E-state index in [1.54, 1.807) is 12.4 Å². The maximum absolute atomic E-state index is 12.1. The molecule has 0 N–H and O–H groups in total. The lowest BCUT2D eigenvalue weighted by atomic mass is 10.1. The average molecular weight is 264 g/mol. The highest BCUT2D eigenvalue weighted by Crippen LogP contribution is 2.33. The summed E-state index contributed by atoms with van der Waals surface area (Å²) in [6.45, 7) is 0. The van der Waals surface area contributed by atoms with Gasteiger partial charge in [-0.1, -0.05) is 0 Å². The minimum atomic E-state index is 0.221. The fourth-order valence-corrected chi connectivity index (χ4v) is 2.28. The molecule has 2 aromatic heterocycles. The summed E-state index contributed by atoms with van der Waals surface area (Å²) < 4.78 is 5.71. The van der Waals surface area contributed by atoms with Crippen molar-refractivity contribution in [1.82, 2.24) is 9.97 Å². The van der Waals surface area contributed by atoms with Crippen molar-refractivity contribution >= 4 is 16.9 Å². The number of Topliss-reactive ketones (excluding diaryl/α,β-unsaturated/α-hetero) is 1. The topological polar surface area (TPSA) is 56.0 Å². The van der Waals surface area contributed by atoms with E-state index in [2.05, 4.69) is 9.97 Å². The van der Waals surface area contributed by atoms with Gasteiger partial charge in [-0.25, -0.2) is 4.98 Å². The molecule has 4 heteroatoms. The lowest BCUT2D eigenvalue weighted by molar-refractivity contribution is 0.0968. The summed E-state index contributed by atoms with van der Waals surface area (Å²) in [5.74, 6) is 0.998. The lowest BCUT2D eigenvalue weighted by Gasteiger charge is -1.96. The standard InChI is InChI=1S/C16H12N2O2/c19-15(10-1-2-10)12-3-4-14-13(9-12)18-16(20-14)11-5-7-17-8-6-11/h3-10H,1-2H2. The molecule has 2 heterocycles. The van der Waals surface area contributed by atoms with E-state index in [9.17, 15) is 4.79 Å². The van der Waals surface area contributed by atoms with Crippen molar-refractivity contribution in [2.45, 2.75) is 12.8 Å². The Morgan fingerprint density at radius 2 is 1.95 bits per heavy atom. The molecule has 0 unspecified atom stereocenters. The van der Waals surface area contributed by atoms with Crippen LogP contribution in [-0.4, -0.2) is 15.8 Å². The van der Waals surface area contributed by atoms with Crippen LogP contribution in [0.15, 0.2) is 47.1 Å². The van der Waals surface area contributed by atoms with Crippen LogP contribution in [0.5, 0.6) is 0 Å². The Labute approximate surface area is 115 Å². The molecule has 0 spiro atoms. The van der Waals surface area contributed by atoms with Gasteiger partial charge in [-0.15, -0.1) is 0 Å². The first-order valence-corrected chi connectivity index (χ1v) is 6.66. The summed E-state index contributed by atoms with van der Waals surface area (Å²) in [4.78, 5) is 20.5. The molecule has 1 aliphatic carbocycles. The Morgan fingerprint density at radius 1 is 1.15 bits per heavy atom. The highest BCUT2D eigenvalue weighted by molar-refractivity contribution is 6.01. The second-order valence-corrected chi connectivity index (χ2v) is 5.08. The monoisotopic (exact) mass is 264 g/mol. The molecule has 0 radical (unpaired) electrons. The van der Waals surface area contributed by atoms with E-state index < -0.39 is 0 Å². The van der Waals surface area contributed by atoms with E-state index in [0.29, 0.717) is 11.5 Å². The van der Waals surface area contributed by atoms with Gasteiger partial charge in [-0.2, -0.15) is 0 Å². The van der Waals surface area contributed by atoms with Crippen molar-refractivity contribution in [3.05, 3.63) is 48.3 Å². The second kappa shape index (κ2) is 4.27. The van der Waals surface area contributed by atoms with Crippen LogP contribution in [-0.2, 0) is 0 Å². The molecule has 1 fully saturated rings. The second-order valence-electron chi connectivity index (χ2n) is 5.08. The fourth-order valence-electron chi connectivity index (χ4n) is 2.28. The van der Waals surface area contributed by atoms with Crippen molar-refractivity contribution in [3.63, 3.8) is 0 Å². The molecular formula is C16H12N2O2. The predicted octanol–water partition coefficient (Wildman–Crippen LogP) is 3.48. The van der Waals surface area contributed by atoms with Crippen molar-refractivity contribution in [3.8, 4) is 11.5 Å². The summed E-state index contributed by atoms with van der Waals surface area (Å²) in [5.41, 5.74) is 3.04. The first kappa shape index (κ1) is 11.3. The summed E-state index contributed by atoms with van der Waals surface area (Å²) in [6, 6.07) is 9.17. The summed E-state index contributed by atoms with van der Waals surface area (Å²) in [5, 5.41) is 0. The Balaban J connectivity index is 1.77. The molecule has 4 nitrogen and oxygen atoms in total. The van der Waals surface area contributed by atoms with Gasteiger partial charge in [0.15, 0.2) is 11.4 Å². The van der Waals surface area contributed by atoms with E-state index in [-0.39, 0.29) is 11.7 Å². The van der Waals surface area contributed by atoms with Gasteiger partial charge >= 0.3 is 0 Å². The Morgan fingerprint density at radius 3 is 2.70 bits per heavy atom. The highest BCUT2D eigenvalue weighted by atomic mass is 16.3. The lowest BCUT2D eigenvalue weighted by Crippen LogP contribution is -2.00. The SMILES string of the molecule is O=C(c1ccc2oc(-c3ccncc3)nc2c1)C1CC1. The van der Waals surface area contributed by atoms with Crippen LogP contribution in [0.3, 0.4) is 0 Å². The normalized spacial score (nSPS) is 14.6. The zero-order valence-corrected chi connectivity index (χ0v) is 10.7. The summed E-state index contributed by atoms with van der Waals surface area (Å²) >= 11 is 0. The smallest absolute Gasteiger partial charge is 0.227 e. The van der Waals surface area contributed by atoms with Crippen molar-refractivity contribution < 1.29 is 9.21 Å². The van der Waals surface area contributed by atoms with E-state index in [0.717, 1.165) is 29.5 Å². The molecule has 0 atom stereocenters. The van der Waals surface area contributed by atoms with Crippen LogP contribution in [0.4, 0.5) is 0 Å². The number of rotatable bonds is 3. The van der Waals surface area contributed by atoms with Gasteiger partial charge in [-0.05, 0) is 43.2 Å². The van der Waals surface area contributed by atoms with Crippen molar-refractivity contribution in [1.29, 1.82) is 0 Å². The van der Waals surface area contributed by atoms with E-state index in [4.69, 9.17) is 4.42 Å². The Hall–Kier alpha value is -2.49. The number of fused-ring (bicyclic) bond motifs is 1. The third-order valence-corrected chi connectivity index (χ3v) is 3.55. The Bertz CT molecular complexity index is 789. The minimum absolute atomic E-state index is 0.221. The largest absolute Gasteiger partial charge is 0.436 e. The molecule has 3 aromatic rings.